The molecule has 0 heterocycles. The molecule has 0 nitrogen and oxygen atoms in total. The van der Waals surface area contributed by atoms with E-state index in [2.05, 4.69) is 41.5 Å². The smallest absolute Gasteiger partial charge is 0.0272 e. The molecule has 1 aliphatic rings. The van der Waals surface area contributed by atoms with Crippen molar-refractivity contribution in [1.29, 1.82) is 0 Å². The van der Waals surface area contributed by atoms with E-state index >= 15 is 0 Å². The Morgan fingerprint density at radius 1 is 1.29 bits per heavy atom. The Morgan fingerprint density at radius 3 is 2.21 bits per heavy atom. The average molecular weight is 196 g/mol. The maximum atomic E-state index is 2.50. The molecular weight excluding hydrogens is 168 g/mol. The Hall–Kier alpha value is 0. The highest BCUT2D eigenvalue weighted by atomic mass is 14.5. The summed E-state index contributed by atoms with van der Waals surface area (Å²) < 4.78 is 0. The zero-order valence-corrected chi connectivity index (χ0v) is 10.9. The Kier molecular flexibility index (Phi) is 3.66. The van der Waals surface area contributed by atoms with Gasteiger partial charge in [-0.25, -0.2) is 0 Å². The quantitative estimate of drug-likeness (QED) is 0.609. The van der Waals surface area contributed by atoms with Crippen LogP contribution in [0.4, 0.5) is 0 Å². The molecule has 0 aliphatic heterocycles. The van der Waals surface area contributed by atoms with Crippen molar-refractivity contribution in [2.45, 2.75) is 60.8 Å². The van der Waals surface area contributed by atoms with E-state index < -0.39 is 0 Å². The third-order valence-electron chi connectivity index (χ3n) is 5.52. The van der Waals surface area contributed by atoms with Gasteiger partial charge in [-0.15, -0.1) is 0 Å². The fraction of sp³-hybridized carbons (Fsp3) is 1.00. The Bertz CT molecular complexity index is 184. The Morgan fingerprint density at radius 2 is 1.86 bits per heavy atom. The van der Waals surface area contributed by atoms with E-state index in [4.69, 9.17) is 0 Å². The molecule has 1 fully saturated rings. The van der Waals surface area contributed by atoms with Gasteiger partial charge in [-0.05, 0) is 35.5 Å². The molecule has 0 aromatic rings. The Balaban J connectivity index is 2.63. The first-order valence-corrected chi connectivity index (χ1v) is 6.47. The summed E-state index contributed by atoms with van der Waals surface area (Å²) in [5.74, 6) is 3.75. The summed E-state index contributed by atoms with van der Waals surface area (Å²) in [6, 6.07) is 0. The number of hydrogen-bond acceptors (Lipinski definition) is 0. The molecule has 1 saturated carbocycles. The minimum atomic E-state index is 0.642. The topological polar surface area (TPSA) is 0 Å². The van der Waals surface area contributed by atoms with Crippen molar-refractivity contribution in [3.8, 4) is 0 Å². The third-order valence-corrected chi connectivity index (χ3v) is 5.52. The predicted molar refractivity (Wildman–Crippen MR) is 64.3 cm³/mol. The molecule has 84 valence electrons. The van der Waals surface area contributed by atoms with Crippen molar-refractivity contribution >= 4 is 0 Å². The maximum absolute atomic E-state index is 2.50. The maximum Gasteiger partial charge on any atom is -0.0272 e. The van der Waals surface area contributed by atoms with Gasteiger partial charge >= 0.3 is 0 Å². The molecule has 1 rings (SSSR count). The van der Waals surface area contributed by atoms with E-state index in [0.717, 1.165) is 23.7 Å². The largest absolute Gasteiger partial charge is 0.0651 e. The minimum absolute atomic E-state index is 0.642. The van der Waals surface area contributed by atoms with Gasteiger partial charge in [-0.2, -0.15) is 0 Å². The van der Waals surface area contributed by atoms with Crippen LogP contribution in [-0.4, -0.2) is 0 Å². The summed E-state index contributed by atoms with van der Waals surface area (Å²) in [6.45, 7) is 14.5. The molecule has 1 aliphatic carbocycles. The van der Waals surface area contributed by atoms with Crippen LogP contribution in [0.25, 0.3) is 0 Å². The van der Waals surface area contributed by atoms with Crippen LogP contribution in [0.5, 0.6) is 0 Å². The van der Waals surface area contributed by atoms with Gasteiger partial charge in [0.2, 0.25) is 0 Å². The molecule has 0 amide bonds. The molecule has 0 aromatic carbocycles. The van der Waals surface area contributed by atoms with E-state index in [1.165, 1.54) is 19.3 Å². The van der Waals surface area contributed by atoms with Crippen molar-refractivity contribution in [2.75, 3.05) is 0 Å². The summed E-state index contributed by atoms with van der Waals surface area (Å²) in [7, 11) is 0. The molecule has 0 bridgehead atoms. The van der Waals surface area contributed by atoms with Crippen LogP contribution in [0, 0.1) is 29.1 Å². The second-order valence-corrected chi connectivity index (χ2v) is 5.85. The minimum Gasteiger partial charge on any atom is -0.0651 e. The van der Waals surface area contributed by atoms with Gasteiger partial charge in [-0.3, -0.25) is 0 Å². The lowest BCUT2D eigenvalue weighted by Crippen LogP contribution is -2.49. The molecular formula is C14H28. The second-order valence-electron chi connectivity index (χ2n) is 5.85. The molecule has 0 saturated heterocycles. The van der Waals surface area contributed by atoms with Gasteiger partial charge in [0.05, 0.1) is 0 Å². The second kappa shape index (κ2) is 4.24. The Labute approximate surface area is 90.5 Å². The standard InChI is InChI=1S/C14H28/c1-7-10(3)12(5)13-9-11(4)14(13,6)8-2/h10-13H,7-9H2,1-6H3. The van der Waals surface area contributed by atoms with E-state index in [1.54, 1.807) is 0 Å². The summed E-state index contributed by atoms with van der Waals surface area (Å²) in [4.78, 5) is 0. The normalized spacial score (nSPS) is 41.6. The number of hydrogen-bond donors (Lipinski definition) is 0. The van der Waals surface area contributed by atoms with Crippen LogP contribution in [0.1, 0.15) is 60.8 Å². The van der Waals surface area contributed by atoms with Crippen molar-refractivity contribution in [3.05, 3.63) is 0 Å². The highest BCUT2D eigenvalue weighted by Crippen LogP contribution is 2.57. The van der Waals surface area contributed by atoms with Gasteiger partial charge in [0.1, 0.15) is 0 Å². The first-order chi connectivity index (χ1) is 6.47. The highest BCUT2D eigenvalue weighted by Gasteiger charge is 2.50. The highest BCUT2D eigenvalue weighted by molar-refractivity contribution is 4.99. The van der Waals surface area contributed by atoms with Gasteiger partial charge in [0.15, 0.2) is 0 Å². The van der Waals surface area contributed by atoms with Crippen molar-refractivity contribution in [1.82, 2.24) is 0 Å². The average Bonchev–Trinajstić information content (AvgIpc) is 2.22. The van der Waals surface area contributed by atoms with Crippen molar-refractivity contribution in [2.24, 2.45) is 29.1 Å². The SMILES string of the molecule is CCC(C)C(C)C1CC(C)C1(C)CC. The molecule has 0 aromatic heterocycles. The molecule has 5 unspecified atom stereocenters. The van der Waals surface area contributed by atoms with Gasteiger partial charge in [0, 0.05) is 0 Å². The van der Waals surface area contributed by atoms with Gasteiger partial charge < -0.3 is 0 Å². The van der Waals surface area contributed by atoms with E-state index in [-0.39, 0.29) is 0 Å². The third kappa shape index (κ3) is 1.73. The fourth-order valence-electron chi connectivity index (χ4n) is 3.32. The lowest BCUT2D eigenvalue weighted by Gasteiger charge is -2.56. The fourth-order valence-corrected chi connectivity index (χ4v) is 3.32. The van der Waals surface area contributed by atoms with Crippen molar-refractivity contribution in [3.63, 3.8) is 0 Å². The van der Waals surface area contributed by atoms with Gasteiger partial charge in [0.25, 0.3) is 0 Å². The number of rotatable bonds is 4. The first-order valence-electron chi connectivity index (χ1n) is 6.47. The summed E-state index contributed by atoms with van der Waals surface area (Å²) in [5.41, 5.74) is 0.642. The first kappa shape index (κ1) is 12.1. The molecule has 0 radical (unpaired) electrons. The van der Waals surface area contributed by atoms with Crippen LogP contribution in [0.2, 0.25) is 0 Å². The molecule has 0 spiro atoms. The van der Waals surface area contributed by atoms with Crippen LogP contribution in [-0.2, 0) is 0 Å². The summed E-state index contributed by atoms with van der Waals surface area (Å²) >= 11 is 0. The van der Waals surface area contributed by atoms with Crippen molar-refractivity contribution < 1.29 is 0 Å². The monoisotopic (exact) mass is 196 g/mol. The summed E-state index contributed by atoms with van der Waals surface area (Å²) in [6.07, 6.45) is 4.17. The van der Waals surface area contributed by atoms with Crippen LogP contribution in [0.3, 0.4) is 0 Å². The van der Waals surface area contributed by atoms with Crippen LogP contribution >= 0.6 is 0 Å². The van der Waals surface area contributed by atoms with E-state index in [1.807, 2.05) is 0 Å². The van der Waals surface area contributed by atoms with Gasteiger partial charge in [-0.1, -0.05) is 54.4 Å². The zero-order chi connectivity index (χ0) is 10.9. The molecule has 0 heteroatoms. The van der Waals surface area contributed by atoms with Crippen LogP contribution in [0.15, 0.2) is 0 Å². The van der Waals surface area contributed by atoms with Crippen LogP contribution < -0.4 is 0 Å². The zero-order valence-electron chi connectivity index (χ0n) is 10.9. The summed E-state index contributed by atoms with van der Waals surface area (Å²) in [5, 5.41) is 0. The van der Waals surface area contributed by atoms with E-state index in [0.29, 0.717) is 5.41 Å². The lowest BCUT2D eigenvalue weighted by molar-refractivity contribution is -0.0743. The molecule has 0 N–H and O–H groups in total. The lowest BCUT2D eigenvalue weighted by atomic mass is 9.49. The molecule has 14 heavy (non-hydrogen) atoms. The predicted octanol–water partition coefficient (Wildman–Crippen LogP) is 4.74. The van der Waals surface area contributed by atoms with E-state index in [9.17, 15) is 0 Å². The molecule has 5 atom stereocenters.